The SMILES string of the molecule is Cn1nc(NC(=O)N2CCC(F)(Cc3cc(F)cc(F)c3)CC2)ccc1=O.Cn1nc(NC(=O)N2CCC(F)(Cc3ccc(F)c(F)c3)CC2)ccc1=O. The molecule has 2 N–H and O–H groups in total. The van der Waals surface area contributed by atoms with Crippen LogP contribution < -0.4 is 21.8 Å². The van der Waals surface area contributed by atoms with Crippen molar-refractivity contribution in [3.05, 3.63) is 116 Å². The van der Waals surface area contributed by atoms with Crippen molar-refractivity contribution in [3.8, 4) is 0 Å². The number of amides is 4. The van der Waals surface area contributed by atoms with Gasteiger partial charge in [-0.05, 0) is 73.2 Å². The molecule has 0 unspecified atom stereocenters. The summed E-state index contributed by atoms with van der Waals surface area (Å²) < 4.78 is 85.1. The molecule has 0 atom stereocenters. The van der Waals surface area contributed by atoms with E-state index in [-0.39, 0.29) is 93.0 Å². The second kappa shape index (κ2) is 16.6. The third-order valence-electron chi connectivity index (χ3n) is 9.23. The Bertz CT molecular complexity index is 2090. The summed E-state index contributed by atoms with van der Waals surface area (Å²) in [6.07, 6.45) is 0.125. The van der Waals surface area contributed by atoms with Gasteiger partial charge in [0.25, 0.3) is 11.1 Å². The largest absolute Gasteiger partial charge is 0.324 e. The number of alkyl halides is 2. The average molecular weight is 761 g/mol. The van der Waals surface area contributed by atoms with Gasteiger partial charge >= 0.3 is 12.1 Å². The fraction of sp³-hybridized carbons (Fsp3) is 0.389. The zero-order chi connectivity index (χ0) is 39.2. The molecular formula is C36H38F6N8O4. The summed E-state index contributed by atoms with van der Waals surface area (Å²) in [6.45, 7) is 0.674. The summed E-state index contributed by atoms with van der Waals surface area (Å²) in [7, 11) is 2.93. The second-order valence-corrected chi connectivity index (χ2v) is 13.4. The first-order valence-corrected chi connectivity index (χ1v) is 17.0. The molecule has 18 heteroatoms. The molecule has 0 saturated carbocycles. The van der Waals surface area contributed by atoms with Crippen LogP contribution in [-0.2, 0) is 26.9 Å². The monoisotopic (exact) mass is 760 g/mol. The Morgan fingerprint density at radius 3 is 1.44 bits per heavy atom. The average Bonchev–Trinajstić information content (AvgIpc) is 3.10. The quantitative estimate of drug-likeness (QED) is 0.257. The van der Waals surface area contributed by atoms with Gasteiger partial charge in [0.2, 0.25) is 0 Å². The normalized spacial score (nSPS) is 16.2. The van der Waals surface area contributed by atoms with Crippen molar-refractivity contribution in [2.24, 2.45) is 14.1 Å². The highest BCUT2D eigenvalue weighted by Crippen LogP contribution is 2.32. The standard InChI is InChI=1S/2C18H19F3N4O2/c1-24-16(26)3-2-15(23-24)22-17(27)25-6-4-18(21,5-7-25)11-12-8-13(19)10-14(20)9-12;1-24-16(26)5-4-15(23-24)22-17(27)25-8-6-18(21,7-9-25)11-12-2-3-13(19)14(20)10-12/h2-3,8-10H,4-7,11H2,1H3,(H,22,23,27);2-5,10H,6-9,11H2,1H3,(H,22,23,27). The van der Waals surface area contributed by atoms with Crippen molar-refractivity contribution in [2.45, 2.75) is 49.9 Å². The summed E-state index contributed by atoms with van der Waals surface area (Å²) in [5, 5.41) is 13.0. The van der Waals surface area contributed by atoms with Crippen LogP contribution in [0.3, 0.4) is 0 Å². The van der Waals surface area contributed by atoms with E-state index in [0.717, 1.165) is 39.7 Å². The molecule has 2 aliphatic heterocycles. The number of carbonyl (C=O) groups excluding carboxylic acids is 2. The Morgan fingerprint density at radius 2 is 1.04 bits per heavy atom. The fourth-order valence-corrected chi connectivity index (χ4v) is 6.18. The van der Waals surface area contributed by atoms with Crippen molar-refractivity contribution >= 4 is 23.7 Å². The van der Waals surface area contributed by atoms with Crippen LogP contribution in [0.25, 0.3) is 0 Å². The Hall–Kier alpha value is -5.68. The molecule has 288 valence electrons. The molecule has 4 heterocycles. The predicted octanol–water partition coefficient (Wildman–Crippen LogP) is 5.27. The molecule has 54 heavy (non-hydrogen) atoms. The van der Waals surface area contributed by atoms with Gasteiger partial charge in [0, 0.05) is 71.3 Å². The third kappa shape index (κ3) is 10.5. The number of piperidine rings is 2. The van der Waals surface area contributed by atoms with Crippen molar-refractivity contribution in [1.82, 2.24) is 29.4 Å². The molecule has 6 rings (SSSR count). The highest BCUT2D eigenvalue weighted by molar-refractivity contribution is 5.88. The molecule has 0 spiro atoms. The van der Waals surface area contributed by atoms with Crippen LogP contribution in [0.15, 0.2) is 70.3 Å². The molecule has 2 aromatic heterocycles. The van der Waals surface area contributed by atoms with Crippen molar-refractivity contribution in [2.75, 3.05) is 36.8 Å². The van der Waals surface area contributed by atoms with E-state index in [1.165, 1.54) is 54.2 Å². The van der Waals surface area contributed by atoms with E-state index in [9.17, 15) is 36.7 Å². The Morgan fingerprint density at radius 1 is 0.611 bits per heavy atom. The first kappa shape index (κ1) is 39.5. The van der Waals surface area contributed by atoms with E-state index in [2.05, 4.69) is 20.8 Å². The van der Waals surface area contributed by atoms with Crippen LogP contribution in [0.5, 0.6) is 0 Å². The lowest BCUT2D eigenvalue weighted by atomic mass is 9.87. The molecule has 0 radical (unpaired) electrons. The van der Waals surface area contributed by atoms with E-state index in [4.69, 9.17) is 0 Å². The number of carbonyl (C=O) groups is 2. The smallest absolute Gasteiger partial charge is 0.323 e. The highest BCUT2D eigenvalue weighted by Gasteiger charge is 2.37. The van der Waals surface area contributed by atoms with Gasteiger partial charge in [-0.1, -0.05) is 6.07 Å². The number of benzene rings is 2. The van der Waals surface area contributed by atoms with E-state index in [0.29, 0.717) is 5.56 Å². The molecule has 0 aliphatic carbocycles. The zero-order valence-electron chi connectivity index (χ0n) is 29.4. The number of anilines is 2. The van der Waals surface area contributed by atoms with Crippen LogP contribution in [0.4, 0.5) is 47.6 Å². The Balaban J connectivity index is 0.000000208. The van der Waals surface area contributed by atoms with E-state index < -0.39 is 46.7 Å². The lowest BCUT2D eigenvalue weighted by molar-refractivity contribution is 0.0736. The molecule has 12 nitrogen and oxygen atoms in total. The van der Waals surface area contributed by atoms with Crippen molar-refractivity contribution in [1.29, 1.82) is 0 Å². The summed E-state index contributed by atoms with van der Waals surface area (Å²) in [5.74, 6) is -3.01. The number of nitrogens with zero attached hydrogens (tertiary/aromatic N) is 6. The van der Waals surface area contributed by atoms with Crippen LogP contribution in [0.2, 0.25) is 0 Å². The third-order valence-corrected chi connectivity index (χ3v) is 9.23. The minimum absolute atomic E-state index is 0.0397. The summed E-state index contributed by atoms with van der Waals surface area (Å²) in [4.78, 5) is 50.1. The topological polar surface area (TPSA) is 134 Å². The maximum absolute atomic E-state index is 15.0. The van der Waals surface area contributed by atoms with Gasteiger partial charge in [-0.25, -0.2) is 45.3 Å². The molecular weight excluding hydrogens is 722 g/mol. The van der Waals surface area contributed by atoms with E-state index in [1.807, 2.05) is 0 Å². The molecule has 2 fully saturated rings. The minimum atomic E-state index is -1.63. The summed E-state index contributed by atoms with van der Waals surface area (Å²) in [5.41, 5.74) is -3.19. The number of aryl methyl sites for hydroxylation is 2. The summed E-state index contributed by atoms with van der Waals surface area (Å²) >= 11 is 0. The van der Waals surface area contributed by atoms with Crippen LogP contribution in [0.1, 0.15) is 36.8 Å². The molecule has 4 aromatic rings. The predicted molar refractivity (Wildman–Crippen MR) is 186 cm³/mol. The first-order valence-electron chi connectivity index (χ1n) is 17.0. The lowest BCUT2D eigenvalue weighted by Gasteiger charge is -2.36. The number of aromatic nitrogens is 4. The van der Waals surface area contributed by atoms with Crippen molar-refractivity contribution < 1.29 is 35.9 Å². The number of likely N-dealkylation sites (tertiary alicyclic amines) is 2. The number of rotatable bonds is 6. The molecule has 2 aromatic carbocycles. The number of nitrogens with one attached hydrogen (secondary N) is 2. The highest BCUT2D eigenvalue weighted by atomic mass is 19.2. The van der Waals surface area contributed by atoms with Gasteiger partial charge in [0.15, 0.2) is 23.3 Å². The van der Waals surface area contributed by atoms with Crippen LogP contribution >= 0.6 is 0 Å². The molecule has 2 aliphatic rings. The van der Waals surface area contributed by atoms with Gasteiger partial charge in [-0.15, -0.1) is 0 Å². The van der Waals surface area contributed by atoms with E-state index >= 15 is 8.78 Å². The Labute approximate surface area is 305 Å². The summed E-state index contributed by atoms with van der Waals surface area (Å²) in [6, 6.07) is 10.8. The van der Waals surface area contributed by atoms with Gasteiger partial charge in [0.1, 0.15) is 23.0 Å². The molecule has 0 bridgehead atoms. The van der Waals surface area contributed by atoms with E-state index in [1.54, 1.807) is 0 Å². The van der Waals surface area contributed by atoms with Crippen LogP contribution in [-0.4, -0.2) is 78.9 Å². The number of halogens is 6. The number of hydrogen-bond acceptors (Lipinski definition) is 6. The van der Waals surface area contributed by atoms with Gasteiger partial charge in [0.05, 0.1) is 0 Å². The number of hydrogen-bond donors (Lipinski definition) is 2. The zero-order valence-corrected chi connectivity index (χ0v) is 29.4. The van der Waals surface area contributed by atoms with Crippen molar-refractivity contribution in [3.63, 3.8) is 0 Å². The van der Waals surface area contributed by atoms with Gasteiger partial charge in [-0.3, -0.25) is 20.2 Å². The maximum atomic E-state index is 15.0. The van der Waals surface area contributed by atoms with Gasteiger partial charge < -0.3 is 9.80 Å². The second-order valence-electron chi connectivity index (χ2n) is 13.4. The maximum Gasteiger partial charge on any atom is 0.323 e. The van der Waals surface area contributed by atoms with Crippen LogP contribution in [0, 0.1) is 23.3 Å². The lowest BCUT2D eigenvalue weighted by Crippen LogP contribution is -2.47. The Kier molecular flexibility index (Phi) is 12.1. The minimum Gasteiger partial charge on any atom is -0.324 e. The first-order chi connectivity index (χ1) is 25.5. The molecule has 4 amide bonds. The number of urea groups is 2. The fourth-order valence-electron chi connectivity index (χ4n) is 6.18. The van der Waals surface area contributed by atoms with Gasteiger partial charge in [-0.2, -0.15) is 10.2 Å². The molecule has 2 saturated heterocycles.